The zero-order valence-corrected chi connectivity index (χ0v) is 11.8. The molecule has 0 aliphatic heterocycles. The summed E-state index contributed by atoms with van der Waals surface area (Å²) in [4.78, 5) is 26.1. The molecule has 2 aromatic rings. The Balaban J connectivity index is 1.94. The third kappa shape index (κ3) is 3.38. The van der Waals surface area contributed by atoms with E-state index in [1.807, 2.05) is 12.3 Å². The molecule has 1 N–H and O–H groups in total. The van der Waals surface area contributed by atoms with Crippen molar-refractivity contribution < 1.29 is 9.72 Å². The van der Waals surface area contributed by atoms with Gasteiger partial charge in [-0.05, 0) is 6.92 Å². The van der Waals surface area contributed by atoms with Crippen LogP contribution < -0.4 is 5.32 Å². The molecule has 0 aliphatic carbocycles. The van der Waals surface area contributed by atoms with E-state index in [4.69, 9.17) is 0 Å². The van der Waals surface area contributed by atoms with E-state index in [-0.39, 0.29) is 24.1 Å². The summed E-state index contributed by atoms with van der Waals surface area (Å²) < 4.78 is 1.38. The van der Waals surface area contributed by atoms with Gasteiger partial charge in [0.05, 0.1) is 23.1 Å². The standard InChI is InChI=1S/C11H13N5O3S/c1-7(4-15-5-9(3-12-15)16(18)19)10(17)14-11-13-8(2)6-20-11/h3,5-7H,4H2,1-2H3,(H,13,14,17)/t7-/m0/s1. The Labute approximate surface area is 118 Å². The summed E-state index contributed by atoms with van der Waals surface area (Å²) >= 11 is 1.35. The quantitative estimate of drug-likeness (QED) is 0.669. The van der Waals surface area contributed by atoms with Crippen LogP contribution in [0.2, 0.25) is 0 Å². The summed E-state index contributed by atoms with van der Waals surface area (Å²) in [5.74, 6) is -0.573. The lowest BCUT2D eigenvalue weighted by Crippen LogP contribution is -2.24. The van der Waals surface area contributed by atoms with Crippen LogP contribution in [0, 0.1) is 23.0 Å². The van der Waals surface area contributed by atoms with Crippen molar-refractivity contribution in [1.82, 2.24) is 14.8 Å². The Morgan fingerprint density at radius 2 is 2.40 bits per heavy atom. The molecule has 0 aromatic carbocycles. The SMILES string of the molecule is Cc1csc(NC(=O)[C@@H](C)Cn2cc([N+](=O)[O-])cn2)n1. The van der Waals surface area contributed by atoms with Crippen LogP contribution >= 0.6 is 11.3 Å². The van der Waals surface area contributed by atoms with Gasteiger partial charge in [-0.15, -0.1) is 11.3 Å². The second-order valence-corrected chi connectivity index (χ2v) is 5.22. The van der Waals surface area contributed by atoms with Gasteiger partial charge in [0.1, 0.15) is 12.4 Å². The monoisotopic (exact) mass is 295 g/mol. The van der Waals surface area contributed by atoms with Crippen LogP contribution in [0.1, 0.15) is 12.6 Å². The molecule has 106 valence electrons. The van der Waals surface area contributed by atoms with Crippen molar-refractivity contribution in [2.45, 2.75) is 20.4 Å². The highest BCUT2D eigenvalue weighted by molar-refractivity contribution is 7.13. The van der Waals surface area contributed by atoms with Crippen LogP contribution in [0.25, 0.3) is 0 Å². The number of nitro groups is 1. The molecule has 1 amide bonds. The van der Waals surface area contributed by atoms with Gasteiger partial charge >= 0.3 is 5.69 Å². The maximum absolute atomic E-state index is 11.9. The summed E-state index contributed by atoms with van der Waals surface area (Å²) in [6, 6.07) is 0. The number of carbonyl (C=O) groups excluding carboxylic acids is 1. The lowest BCUT2D eigenvalue weighted by atomic mass is 10.1. The molecular formula is C11H13N5O3S. The highest BCUT2D eigenvalue weighted by atomic mass is 32.1. The van der Waals surface area contributed by atoms with Gasteiger partial charge in [-0.2, -0.15) is 5.10 Å². The highest BCUT2D eigenvalue weighted by Gasteiger charge is 2.17. The zero-order valence-electron chi connectivity index (χ0n) is 10.9. The summed E-state index contributed by atoms with van der Waals surface area (Å²) in [5, 5.41) is 19.5. The fourth-order valence-electron chi connectivity index (χ4n) is 1.55. The van der Waals surface area contributed by atoms with Gasteiger partial charge in [0.2, 0.25) is 5.91 Å². The molecule has 2 aromatic heterocycles. The van der Waals surface area contributed by atoms with E-state index in [2.05, 4.69) is 15.4 Å². The molecule has 2 heterocycles. The highest BCUT2D eigenvalue weighted by Crippen LogP contribution is 2.16. The molecule has 0 radical (unpaired) electrons. The number of amides is 1. The van der Waals surface area contributed by atoms with Crippen molar-refractivity contribution in [3.63, 3.8) is 0 Å². The molecule has 0 saturated heterocycles. The number of nitrogens with zero attached hydrogens (tertiary/aromatic N) is 4. The molecular weight excluding hydrogens is 282 g/mol. The fourth-order valence-corrected chi connectivity index (χ4v) is 2.24. The van der Waals surface area contributed by atoms with Crippen LogP contribution in [0.15, 0.2) is 17.8 Å². The lowest BCUT2D eigenvalue weighted by Gasteiger charge is -2.10. The van der Waals surface area contributed by atoms with Gasteiger partial charge < -0.3 is 5.32 Å². The summed E-state index contributed by atoms with van der Waals surface area (Å²) in [6.07, 6.45) is 2.46. The smallest absolute Gasteiger partial charge is 0.302 e. The molecule has 2 rings (SSSR count). The predicted molar refractivity (Wildman–Crippen MR) is 73.5 cm³/mol. The molecule has 9 heteroatoms. The van der Waals surface area contributed by atoms with E-state index >= 15 is 0 Å². The second-order valence-electron chi connectivity index (χ2n) is 4.36. The number of rotatable bonds is 5. The van der Waals surface area contributed by atoms with Crippen molar-refractivity contribution in [2.75, 3.05) is 5.32 Å². The Bertz CT molecular complexity index is 636. The number of thiazole rings is 1. The Morgan fingerprint density at radius 1 is 1.65 bits per heavy atom. The first-order chi connectivity index (χ1) is 9.45. The summed E-state index contributed by atoms with van der Waals surface area (Å²) in [5.41, 5.74) is 0.758. The summed E-state index contributed by atoms with van der Waals surface area (Å²) in [7, 11) is 0. The van der Waals surface area contributed by atoms with Crippen LogP contribution in [0.4, 0.5) is 10.8 Å². The first kappa shape index (κ1) is 14.1. The van der Waals surface area contributed by atoms with Gasteiger partial charge in [-0.25, -0.2) is 4.98 Å². The number of aromatic nitrogens is 3. The van der Waals surface area contributed by atoms with E-state index in [9.17, 15) is 14.9 Å². The van der Waals surface area contributed by atoms with E-state index in [0.717, 1.165) is 11.9 Å². The molecule has 8 nitrogen and oxygen atoms in total. The molecule has 0 spiro atoms. The molecule has 0 fully saturated rings. The number of anilines is 1. The predicted octanol–water partition coefficient (Wildman–Crippen LogP) is 1.83. The number of aryl methyl sites for hydroxylation is 1. The van der Waals surface area contributed by atoms with Gasteiger partial charge in [0.25, 0.3) is 0 Å². The maximum Gasteiger partial charge on any atom is 0.306 e. The Hall–Kier alpha value is -2.29. The van der Waals surface area contributed by atoms with Crippen molar-refractivity contribution in [2.24, 2.45) is 5.92 Å². The Kier molecular flexibility index (Phi) is 4.08. The summed E-state index contributed by atoms with van der Waals surface area (Å²) in [6.45, 7) is 3.84. The average Bonchev–Trinajstić information content (AvgIpc) is 2.98. The molecule has 0 bridgehead atoms. The molecule has 0 unspecified atom stereocenters. The third-order valence-corrected chi connectivity index (χ3v) is 3.46. The van der Waals surface area contributed by atoms with Crippen LogP contribution in [0.3, 0.4) is 0 Å². The maximum atomic E-state index is 11.9. The topological polar surface area (TPSA) is 103 Å². The minimum Gasteiger partial charge on any atom is -0.302 e. The van der Waals surface area contributed by atoms with E-state index < -0.39 is 4.92 Å². The molecule has 0 aliphatic rings. The first-order valence-corrected chi connectivity index (χ1v) is 6.73. The van der Waals surface area contributed by atoms with Crippen molar-refractivity contribution >= 4 is 28.1 Å². The fraction of sp³-hybridized carbons (Fsp3) is 0.364. The Morgan fingerprint density at radius 3 is 2.95 bits per heavy atom. The van der Waals surface area contributed by atoms with Crippen molar-refractivity contribution in [3.05, 3.63) is 33.6 Å². The molecule has 0 saturated carbocycles. The van der Waals surface area contributed by atoms with E-state index in [1.54, 1.807) is 6.92 Å². The van der Waals surface area contributed by atoms with E-state index in [0.29, 0.717) is 5.13 Å². The molecule has 1 atom stereocenters. The number of carbonyl (C=O) groups is 1. The second kappa shape index (κ2) is 5.78. The van der Waals surface area contributed by atoms with Crippen LogP contribution in [0.5, 0.6) is 0 Å². The number of nitrogens with one attached hydrogen (secondary N) is 1. The zero-order chi connectivity index (χ0) is 14.7. The number of hydrogen-bond donors (Lipinski definition) is 1. The van der Waals surface area contributed by atoms with Crippen LogP contribution in [-0.2, 0) is 11.3 Å². The lowest BCUT2D eigenvalue weighted by molar-refractivity contribution is -0.385. The number of hydrogen-bond acceptors (Lipinski definition) is 6. The van der Waals surface area contributed by atoms with Gasteiger partial charge in [0.15, 0.2) is 5.13 Å². The normalized spacial score (nSPS) is 12.1. The minimum atomic E-state index is -0.521. The largest absolute Gasteiger partial charge is 0.306 e. The van der Waals surface area contributed by atoms with Crippen molar-refractivity contribution in [3.8, 4) is 0 Å². The molecule has 20 heavy (non-hydrogen) atoms. The van der Waals surface area contributed by atoms with Gasteiger partial charge in [-0.1, -0.05) is 6.92 Å². The van der Waals surface area contributed by atoms with Gasteiger partial charge in [0, 0.05) is 5.38 Å². The first-order valence-electron chi connectivity index (χ1n) is 5.85. The van der Waals surface area contributed by atoms with Gasteiger partial charge in [-0.3, -0.25) is 19.6 Å². The van der Waals surface area contributed by atoms with E-state index in [1.165, 1.54) is 22.2 Å². The average molecular weight is 295 g/mol. The minimum absolute atomic E-state index is 0.0897. The van der Waals surface area contributed by atoms with Crippen LogP contribution in [-0.4, -0.2) is 25.6 Å². The van der Waals surface area contributed by atoms with Crippen molar-refractivity contribution in [1.29, 1.82) is 0 Å². The third-order valence-electron chi connectivity index (χ3n) is 2.59.